The Morgan fingerprint density at radius 2 is 1.94 bits per heavy atom. The van der Waals surface area contributed by atoms with Crippen LogP contribution in [0.25, 0.3) is 17.0 Å². The van der Waals surface area contributed by atoms with Gasteiger partial charge < -0.3 is 11.1 Å². The Kier molecular flexibility index (Phi) is 6.36. The molecule has 8 heteroatoms. The minimum atomic E-state index is -0.0365. The second-order valence-electron chi connectivity index (χ2n) is 7.98. The lowest BCUT2D eigenvalue weighted by Gasteiger charge is -2.18. The highest BCUT2D eigenvalue weighted by Gasteiger charge is 2.15. The largest absolute Gasteiger partial charge is 0.383 e. The van der Waals surface area contributed by atoms with E-state index in [9.17, 15) is 0 Å². The molecule has 3 rings (SSSR count). The molecule has 0 atom stereocenters. The van der Waals surface area contributed by atoms with E-state index in [0.717, 1.165) is 17.0 Å². The zero-order valence-corrected chi connectivity index (χ0v) is 17.7. The number of hydrogen-bond acceptors (Lipinski definition) is 8. The average molecular weight is 413 g/mol. The molecule has 0 spiro atoms. The number of benzene rings is 1. The molecule has 0 saturated heterocycles. The van der Waals surface area contributed by atoms with Gasteiger partial charge in [0.2, 0.25) is 5.95 Å². The molecule has 0 amide bonds. The van der Waals surface area contributed by atoms with E-state index in [1.54, 1.807) is 30.5 Å². The first-order chi connectivity index (χ1) is 14.8. The van der Waals surface area contributed by atoms with Crippen LogP contribution in [0.5, 0.6) is 0 Å². The Morgan fingerprint density at radius 3 is 2.65 bits per heavy atom. The third-order valence-corrected chi connectivity index (χ3v) is 4.51. The van der Waals surface area contributed by atoms with Crippen molar-refractivity contribution >= 4 is 11.6 Å². The summed E-state index contributed by atoms with van der Waals surface area (Å²) in [5.74, 6) is 0.0592. The standard InChI is InChI=1S/C23H24N8/c1-23(2,3)21-9-5-8-17(28-21)13-27-14-20(31-26)19-11-18(29-22(25)30-19)16-7-4-6-15(10-16)12-24/h4-11,14,26-27H,13H2,1-3H3,(H2,25,29,30)/b20-14-,31-26?. The molecule has 4 N–H and O–H groups in total. The predicted molar refractivity (Wildman–Crippen MR) is 119 cm³/mol. The van der Waals surface area contributed by atoms with Crippen LogP contribution in [0, 0.1) is 16.9 Å². The lowest BCUT2D eigenvalue weighted by Crippen LogP contribution is -2.16. The van der Waals surface area contributed by atoms with Gasteiger partial charge in [0.05, 0.1) is 35.3 Å². The molecule has 0 fully saturated rings. The van der Waals surface area contributed by atoms with Crippen LogP contribution in [0.4, 0.5) is 5.95 Å². The second-order valence-corrected chi connectivity index (χ2v) is 7.98. The summed E-state index contributed by atoms with van der Waals surface area (Å²) >= 11 is 0. The van der Waals surface area contributed by atoms with Crippen molar-refractivity contribution in [2.24, 2.45) is 5.11 Å². The molecule has 2 aromatic heterocycles. The molecule has 3 aromatic rings. The van der Waals surface area contributed by atoms with Crippen LogP contribution in [0.1, 0.15) is 43.4 Å². The van der Waals surface area contributed by atoms with Crippen LogP contribution in [0.2, 0.25) is 0 Å². The van der Waals surface area contributed by atoms with Crippen molar-refractivity contribution in [3.05, 3.63) is 77.4 Å². The minimum Gasteiger partial charge on any atom is -0.383 e. The van der Waals surface area contributed by atoms with Crippen LogP contribution in [0.3, 0.4) is 0 Å². The molecule has 0 bridgehead atoms. The van der Waals surface area contributed by atoms with E-state index in [1.807, 2.05) is 24.3 Å². The number of nitrogens with zero attached hydrogens (tertiary/aromatic N) is 5. The first-order valence-electron chi connectivity index (χ1n) is 9.73. The van der Waals surface area contributed by atoms with Crippen molar-refractivity contribution in [2.45, 2.75) is 32.7 Å². The molecule has 0 radical (unpaired) electrons. The predicted octanol–water partition coefficient (Wildman–Crippen LogP) is 4.41. The number of hydrogen-bond donors (Lipinski definition) is 3. The SMILES string of the molecule is CC(C)(C)c1cccc(CN/C=C(\N=N)c2cc(-c3cccc(C#N)c3)nc(N)n2)n1. The van der Waals surface area contributed by atoms with Gasteiger partial charge in [-0.05, 0) is 30.3 Å². The van der Waals surface area contributed by atoms with Crippen molar-refractivity contribution in [3.8, 4) is 17.3 Å². The maximum atomic E-state index is 9.13. The molecular formula is C23H24N8. The fourth-order valence-corrected chi connectivity index (χ4v) is 2.90. The number of pyridine rings is 1. The van der Waals surface area contributed by atoms with Gasteiger partial charge in [0.15, 0.2) is 0 Å². The van der Waals surface area contributed by atoms with Gasteiger partial charge in [-0.15, -0.1) is 0 Å². The third kappa shape index (κ3) is 5.48. The third-order valence-electron chi connectivity index (χ3n) is 4.51. The number of nitrogens with one attached hydrogen (secondary N) is 2. The van der Waals surface area contributed by atoms with Crippen molar-refractivity contribution in [1.29, 1.82) is 10.8 Å². The highest BCUT2D eigenvalue weighted by Crippen LogP contribution is 2.23. The number of aromatic nitrogens is 3. The van der Waals surface area contributed by atoms with Gasteiger partial charge in [0.25, 0.3) is 0 Å². The summed E-state index contributed by atoms with van der Waals surface area (Å²) in [5.41, 5.74) is 17.8. The highest BCUT2D eigenvalue weighted by atomic mass is 15.1. The molecule has 0 saturated carbocycles. The molecule has 0 aliphatic carbocycles. The van der Waals surface area contributed by atoms with Crippen LogP contribution in [-0.4, -0.2) is 15.0 Å². The molecule has 2 heterocycles. The van der Waals surface area contributed by atoms with Gasteiger partial charge >= 0.3 is 0 Å². The smallest absolute Gasteiger partial charge is 0.221 e. The molecule has 0 unspecified atom stereocenters. The zero-order chi connectivity index (χ0) is 22.4. The number of nitrogens with two attached hydrogens (primary N) is 1. The zero-order valence-electron chi connectivity index (χ0n) is 17.7. The van der Waals surface area contributed by atoms with E-state index < -0.39 is 0 Å². The molecule has 0 aliphatic rings. The summed E-state index contributed by atoms with van der Waals surface area (Å²) in [4.78, 5) is 13.1. The first kappa shape index (κ1) is 21.6. The van der Waals surface area contributed by atoms with Gasteiger partial charge in [-0.2, -0.15) is 10.4 Å². The fourth-order valence-electron chi connectivity index (χ4n) is 2.90. The fraction of sp³-hybridized carbons (Fsp3) is 0.217. The normalized spacial score (nSPS) is 11.6. The minimum absolute atomic E-state index is 0.0365. The summed E-state index contributed by atoms with van der Waals surface area (Å²) < 4.78 is 0. The van der Waals surface area contributed by atoms with E-state index in [1.165, 1.54) is 0 Å². The lowest BCUT2D eigenvalue weighted by atomic mass is 9.91. The van der Waals surface area contributed by atoms with Crippen LogP contribution < -0.4 is 11.1 Å². The molecular weight excluding hydrogens is 388 g/mol. The summed E-state index contributed by atoms with van der Waals surface area (Å²) in [7, 11) is 0. The monoisotopic (exact) mass is 412 g/mol. The van der Waals surface area contributed by atoms with E-state index >= 15 is 0 Å². The maximum absolute atomic E-state index is 9.13. The average Bonchev–Trinajstić information content (AvgIpc) is 2.76. The number of anilines is 1. The Labute approximate surface area is 181 Å². The highest BCUT2D eigenvalue weighted by molar-refractivity contribution is 5.69. The molecule has 31 heavy (non-hydrogen) atoms. The van der Waals surface area contributed by atoms with Gasteiger partial charge in [-0.25, -0.2) is 15.5 Å². The summed E-state index contributed by atoms with van der Waals surface area (Å²) in [6.45, 7) is 6.83. The Morgan fingerprint density at radius 1 is 1.16 bits per heavy atom. The van der Waals surface area contributed by atoms with Crippen molar-refractivity contribution in [3.63, 3.8) is 0 Å². The molecule has 1 aromatic carbocycles. The van der Waals surface area contributed by atoms with E-state index in [0.29, 0.717) is 29.2 Å². The number of nitrogen functional groups attached to an aromatic ring is 1. The van der Waals surface area contributed by atoms with E-state index in [4.69, 9.17) is 16.5 Å². The van der Waals surface area contributed by atoms with Crippen LogP contribution >= 0.6 is 0 Å². The number of rotatable bonds is 6. The molecule has 8 nitrogen and oxygen atoms in total. The Bertz CT molecular complexity index is 1170. The van der Waals surface area contributed by atoms with Crippen molar-refractivity contribution in [2.75, 3.05) is 5.73 Å². The molecule has 156 valence electrons. The Balaban J connectivity index is 1.84. The Hall–Kier alpha value is -4.12. The van der Waals surface area contributed by atoms with E-state index in [-0.39, 0.29) is 11.4 Å². The first-order valence-corrected chi connectivity index (χ1v) is 9.73. The van der Waals surface area contributed by atoms with Crippen molar-refractivity contribution in [1.82, 2.24) is 20.3 Å². The summed E-state index contributed by atoms with van der Waals surface area (Å²) in [5, 5.41) is 15.9. The quantitative estimate of drug-likeness (QED) is 0.513. The van der Waals surface area contributed by atoms with Crippen LogP contribution in [-0.2, 0) is 12.0 Å². The maximum Gasteiger partial charge on any atom is 0.221 e. The summed E-state index contributed by atoms with van der Waals surface area (Å²) in [6.07, 6.45) is 1.61. The van der Waals surface area contributed by atoms with Gasteiger partial charge in [-0.3, -0.25) is 4.98 Å². The van der Waals surface area contributed by atoms with Crippen molar-refractivity contribution < 1.29 is 0 Å². The molecule has 0 aliphatic heterocycles. The van der Waals surface area contributed by atoms with E-state index in [2.05, 4.69) is 52.2 Å². The summed E-state index contributed by atoms with van der Waals surface area (Å²) in [6, 6.07) is 16.8. The van der Waals surface area contributed by atoms with Gasteiger partial charge in [-0.1, -0.05) is 39.0 Å². The number of nitriles is 1. The second kappa shape index (κ2) is 9.13. The lowest BCUT2D eigenvalue weighted by molar-refractivity contribution is 0.564. The van der Waals surface area contributed by atoms with Crippen LogP contribution in [0.15, 0.2) is 59.8 Å². The van der Waals surface area contributed by atoms with Gasteiger partial charge in [0, 0.05) is 22.9 Å². The topological polar surface area (TPSA) is 137 Å². The van der Waals surface area contributed by atoms with Gasteiger partial charge in [0.1, 0.15) is 5.70 Å².